The molecule has 0 N–H and O–H groups in total. The number of carbonyl (C=O) groups excluding carboxylic acids is 1. The van der Waals surface area contributed by atoms with Crippen LogP contribution in [0.4, 0.5) is 0 Å². The third-order valence-corrected chi connectivity index (χ3v) is 5.37. The molecule has 4 heterocycles. The van der Waals surface area contributed by atoms with Crippen LogP contribution in [0.1, 0.15) is 35.0 Å². The topological polar surface area (TPSA) is 73.4 Å². The van der Waals surface area contributed by atoms with Gasteiger partial charge in [0.1, 0.15) is 12.0 Å². The number of carbonyl (C=O) groups is 1. The van der Waals surface area contributed by atoms with E-state index in [0.717, 1.165) is 28.8 Å². The predicted molar refractivity (Wildman–Crippen MR) is 106 cm³/mol. The molecule has 29 heavy (non-hydrogen) atoms. The molecule has 7 heteroatoms. The van der Waals surface area contributed by atoms with Gasteiger partial charge in [-0.05, 0) is 31.2 Å². The molecule has 1 atom stereocenters. The number of amides is 1. The zero-order valence-corrected chi connectivity index (χ0v) is 16.0. The SMILES string of the molecule is CC1c2cccn2CCN1C(=O)c1coc(COc2cccc3cnccc23)n1. The minimum absolute atomic E-state index is 0.00746. The van der Waals surface area contributed by atoms with Crippen molar-refractivity contribution in [3.63, 3.8) is 0 Å². The molecule has 0 saturated heterocycles. The second kappa shape index (κ2) is 7.09. The van der Waals surface area contributed by atoms with E-state index < -0.39 is 0 Å². The maximum absolute atomic E-state index is 13.0. The van der Waals surface area contributed by atoms with E-state index in [1.165, 1.54) is 6.26 Å². The second-order valence-corrected chi connectivity index (χ2v) is 7.07. The Balaban J connectivity index is 1.30. The largest absolute Gasteiger partial charge is 0.483 e. The van der Waals surface area contributed by atoms with Crippen LogP contribution in [-0.2, 0) is 13.2 Å². The van der Waals surface area contributed by atoms with Crippen LogP contribution < -0.4 is 4.74 Å². The van der Waals surface area contributed by atoms with E-state index in [2.05, 4.69) is 14.5 Å². The van der Waals surface area contributed by atoms with Gasteiger partial charge >= 0.3 is 0 Å². The van der Waals surface area contributed by atoms with Crippen LogP contribution in [0.25, 0.3) is 10.8 Å². The van der Waals surface area contributed by atoms with Crippen molar-refractivity contribution in [2.24, 2.45) is 0 Å². The maximum atomic E-state index is 13.0. The quantitative estimate of drug-likeness (QED) is 0.531. The minimum atomic E-state index is -0.129. The van der Waals surface area contributed by atoms with Gasteiger partial charge in [-0.25, -0.2) is 4.98 Å². The second-order valence-electron chi connectivity index (χ2n) is 7.07. The van der Waals surface area contributed by atoms with Crippen molar-refractivity contribution in [3.8, 4) is 5.75 Å². The van der Waals surface area contributed by atoms with Crippen molar-refractivity contribution in [2.45, 2.75) is 26.1 Å². The van der Waals surface area contributed by atoms with E-state index >= 15 is 0 Å². The molecular weight excluding hydrogens is 368 g/mol. The molecular formula is C22H20N4O3. The molecule has 0 bridgehead atoms. The van der Waals surface area contributed by atoms with Crippen LogP contribution in [0.5, 0.6) is 5.75 Å². The first-order chi connectivity index (χ1) is 14.2. The number of nitrogens with zero attached hydrogens (tertiary/aromatic N) is 4. The summed E-state index contributed by atoms with van der Waals surface area (Å²) in [7, 11) is 0. The highest BCUT2D eigenvalue weighted by Crippen LogP contribution is 2.27. The number of ether oxygens (including phenoxy) is 1. The van der Waals surface area contributed by atoms with E-state index in [1.807, 2.05) is 54.4 Å². The van der Waals surface area contributed by atoms with Gasteiger partial charge in [0.15, 0.2) is 12.3 Å². The third kappa shape index (κ3) is 3.14. The molecule has 1 amide bonds. The molecule has 3 aromatic heterocycles. The van der Waals surface area contributed by atoms with Gasteiger partial charge in [0.05, 0.1) is 6.04 Å². The molecule has 0 aliphatic carbocycles. The van der Waals surface area contributed by atoms with Crippen LogP contribution in [0.3, 0.4) is 0 Å². The standard InChI is InChI=1S/C22H20N4O3/c1-15-19-5-3-9-25(19)10-11-26(15)22(27)18-13-29-21(24-18)14-28-20-6-2-4-16-12-23-8-7-17(16)20/h2-9,12-13,15H,10-11,14H2,1H3. The number of oxazole rings is 1. The molecule has 1 aliphatic heterocycles. The molecule has 5 rings (SSSR count). The van der Waals surface area contributed by atoms with Crippen molar-refractivity contribution in [2.75, 3.05) is 6.54 Å². The van der Waals surface area contributed by atoms with Gasteiger partial charge < -0.3 is 18.6 Å². The minimum Gasteiger partial charge on any atom is -0.483 e. The predicted octanol–water partition coefficient (Wildman–Crippen LogP) is 3.82. The Morgan fingerprint density at radius 1 is 1.24 bits per heavy atom. The Bertz CT molecular complexity index is 1170. The van der Waals surface area contributed by atoms with Crippen LogP contribution in [-0.4, -0.2) is 31.9 Å². The number of fused-ring (bicyclic) bond motifs is 2. The van der Waals surface area contributed by atoms with Crippen molar-refractivity contribution < 1.29 is 13.9 Å². The summed E-state index contributed by atoms with van der Waals surface area (Å²) in [5.74, 6) is 0.963. The van der Waals surface area contributed by atoms with E-state index in [4.69, 9.17) is 9.15 Å². The summed E-state index contributed by atoms with van der Waals surface area (Å²) in [6.45, 7) is 3.60. The fraction of sp³-hybridized carbons (Fsp3) is 0.227. The number of hydrogen-bond donors (Lipinski definition) is 0. The molecule has 0 saturated carbocycles. The maximum Gasteiger partial charge on any atom is 0.276 e. The Morgan fingerprint density at radius 2 is 2.17 bits per heavy atom. The van der Waals surface area contributed by atoms with Crippen molar-refractivity contribution >= 4 is 16.7 Å². The highest BCUT2D eigenvalue weighted by molar-refractivity contribution is 5.92. The number of rotatable bonds is 4. The lowest BCUT2D eigenvalue weighted by Crippen LogP contribution is -2.40. The first-order valence-electron chi connectivity index (χ1n) is 9.56. The van der Waals surface area contributed by atoms with Gasteiger partial charge in [-0.2, -0.15) is 0 Å². The summed E-state index contributed by atoms with van der Waals surface area (Å²) < 4.78 is 13.6. The normalized spacial score (nSPS) is 16.0. The first kappa shape index (κ1) is 17.5. The highest BCUT2D eigenvalue weighted by atomic mass is 16.5. The number of pyridine rings is 1. The Hall–Kier alpha value is -3.61. The number of benzene rings is 1. The van der Waals surface area contributed by atoms with Crippen LogP contribution in [0.2, 0.25) is 0 Å². The monoisotopic (exact) mass is 388 g/mol. The lowest BCUT2D eigenvalue weighted by atomic mass is 10.1. The molecule has 0 spiro atoms. The summed E-state index contributed by atoms with van der Waals surface area (Å²) >= 11 is 0. The van der Waals surface area contributed by atoms with Gasteiger partial charge in [0.2, 0.25) is 5.89 Å². The number of hydrogen-bond acceptors (Lipinski definition) is 5. The molecule has 7 nitrogen and oxygen atoms in total. The van der Waals surface area contributed by atoms with E-state index in [9.17, 15) is 4.79 Å². The molecule has 146 valence electrons. The summed E-state index contributed by atoms with van der Waals surface area (Å²) in [5, 5.41) is 1.97. The smallest absolute Gasteiger partial charge is 0.276 e. The lowest BCUT2D eigenvalue weighted by Gasteiger charge is -2.34. The van der Waals surface area contributed by atoms with Gasteiger partial charge in [-0.3, -0.25) is 9.78 Å². The van der Waals surface area contributed by atoms with E-state index in [0.29, 0.717) is 18.1 Å². The first-order valence-corrected chi connectivity index (χ1v) is 9.56. The molecule has 1 unspecified atom stereocenters. The Labute approximate surface area is 167 Å². The summed E-state index contributed by atoms with van der Waals surface area (Å²) in [6.07, 6.45) is 6.98. The zero-order chi connectivity index (χ0) is 19.8. The van der Waals surface area contributed by atoms with E-state index in [-0.39, 0.29) is 18.6 Å². The van der Waals surface area contributed by atoms with Crippen LogP contribution in [0.15, 0.2) is 65.7 Å². The fourth-order valence-corrected chi connectivity index (χ4v) is 3.84. The molecule has 0 radical (unpaired) electrons. The van der Waals surface area contributed by atoms with Gasteiger partial charge in [0.25, 0.3) is 5.91 Å². The van der Waals surface area contributed by atoms with Gasteiger partial charge in [-0.15, -0.1) is 0 Å². The molecule has 1 aliphatic rings. The average molecular weight is 388 g/mol. The van der Waals surface area contributed by atoms with Crippen LogP contribution in [0, 0.1) is 0 Å². The lowest BCUT2D eigenvalue weighted by molar-refractivity contribution is 0.0637. The van der Waals surface area contributed by atoms with Gasteiger partial charge in [0, 0.05) is 48.1 Å². The van der Waals surface area contributed by atoms with Gasteiger partial charge in [-0.1, -0.05) is 12.1 Å². The molecule has 4 aromatic rings. The Kier molecular flexibility index (Phi) is 4.27. The average Bonchev–Trinajstić information content (AvgIpc) is 3.42. The van der Waals surface area contributed by atoms with Crippen molar-refractivity contribution in [1.82, 2.24) is 19.4 Å². The zero-order valence-electron chi connectivity index (χ0n) is 16.0. The molecule has 0 fully saturated rings. The molecule has 1 aromatic carbocycles. The third-order valence-electron chi connectivity index (χ3n) is 5.37. The Morgan fingerprint density at radius 3 is 3.10 bits per heavy atom. The fourth-order valence-electron chi connectivity index (χ4n) is 3.84. The summed E-state index contributed by atoms with van der Waals surface area (Å²) in [5.41, 5.74) is 1.43. The van der Waals surface area contributed by atoms with Crippen LogP contribution >= 0.6 is 0 Å². The summed E-state index contributed by atoms with van der Waals surface area (Å²) in [6, 6.07) is 11.7. The summed E-state index contributed by atoms with van der Waals surface area (Å²) in [4.78, 5) is 23.3. The number of aromatic nitrogens is 3. The highest BCUT2D eigenvalue weighted by Gasteiger charge is 2.29. The van der Waals surface area contributed by atoms with Crippen molar-refractivity contribution in [1.29, 1.82) is 0 Å². The van der Waals surface area contributed by atoms with Crippen molar-refractivity contribution in [3.05, 3.63) is 78.5 Å². The van der Waals surface area contributed by atoms with E-state index in [1.54, 1.807) is 12.4 Å².